The summed E-state index contributed by atoms with van der Waals surface area (Å²) in [5, 5.41) is 10.8. The number of rotatable bonds is 6. The molecule has 0 aromatic heterocycles. The Bertz CT molecular complexity index is 465. The second-order valence-electron chi connectivity index (χ2n) is 3.86. The van der Waals surface area contributed by atoms with E-state index in [0.717, 1.165) is 11.1 Å². The van der Waals surface area contributed by atoms with Gasteiger partial charge in [0.15, 0.2) is 6.61 Å². The fraction of sp³-hybridized carbons (Fsp3) is 0.333. The van der Waals surface area contributed by atoms with Gasteiger partial charge in [0, 0.05) is 6.54 Å². The lowest BCUT2D eigenvalue weighted by atomic mass is 10.1. The molecule has 1 aromatic carbocycles. The first-order valence-corrected chi connectivity index (χ1v) is 5.61. The summed E-state index contributed by atoms with van der Waals surface area (Å²) in [5.74, 6) is -1.48. The van der Waals surface area contributed by atoms with Gasteiger partial charge in [0.1, 0.15) is 5.82 Å². The van der Waals surface area contributed by atoms with Crippen LogP contribution in [-0.2, 0) is 16.1 Å². The highest BCUT2D eigenvalue weighted by molar-refractivity contribution is 5.73. The van der Waals surface area contributed by atoms with Gasteiger partial charge in [-0.2, -0.15) is 0 Å². The molecule has 0 aliphatic rings. The zero-order chi connectivity index (χ0) is 14.3. The van der Waals surface area contributed by atoms with Gasteiger partial charge in [-0.15, -0.1) is 0 Å². The number of aryl methyl sites for hydroxylation is 1. The minimum Gasteiger partial charge on any atom is -0.479 e. The predicted octanol–water partition coefficient (Wildman–Crippen LogP) is 0.992. The smallest absolute Gasteiger partial charge is 0.338 e. The van der Waals surface area contributed by atoms with Crippen molar-refractivity contribution >= 4 is 12.0 Å². The normalized spacial score (nSPS) is 10.0. The Hall–Kier alpha value is -2.15. The number of benzene rings is 1. The number of carbonyl (C=O) groups is 2. The van der Waals surface area contributed by atoms with Crippen LogP contribution < -0.4 is 10.8 Å². The van der Waals surface area contributed by atoms with Gasteiger partial charge in [-0.1, -0.05) is 6.07 Å². The fourth-order valence-corrected chi connectivity index (χ4v) is 1.45. The first kappa shape index (κ1) is 14.9. The van der Waals surface area contributed by atoms with Gasteiger partial charge in [-0.25, -0.2) is 19.5 Å². The van der Waals surface area contributed by atoms with Crippen LogP contribution in [0.15, 0.2) is 18.2 Å². The van der Waals surface area contributed by atoms with E-state index in [1.54, 1.807) is 13.0 Å². The molecule has 0 bridgehead atoms. The van der Waals surface area contributed by atoms with Crippen LogP contribution in [0.5, 0.6) is 0 Å². The van der Waals surface area contributed by atoms with Crippen molar-refractivity contribution < 1.29 is 23.9 Å². The van der Waals surface area contributed by atoms with Crippen molar-refractivity contribution in [2.75, 3.05) is 13.2 Å². The molecule has 1 rings (SSSR count). The SMILES string of the molecule is Cc1cc(F)ccc1CCNC(=O)NOCC(=O)O. The number of urea groups is 1. The number of hydroxylamine groups is 1. The molecule has 6 nitrogen and oxygen atoms in total. The quantitative estimate of drug-likeness (QED) is 0.673. The maximum Gasteiger partial charge on any atom is 0.338 e. The molecule has 0 heterocycles. The Morgan fingerprint density at radius 3 is 2.79 bits per heavy atom. The van der Waals surface area contributed by atoms with E-state index in [4.69, 9.17) is 5.11 Å². The van der Waals surface area contributed by atoms with Crippen molar-refractivity contribution in [3.8, 4) is 0 Å². The molecule has 2 amide bonds. The zero-order valence-corrected chi connectivity index (χ0v) is 10.4. The highest BCUT2D eigenvalue weighted by Gasteiger charge is 2.04. The Labute approximate surface area is 109 Å². The molecule has 0 atom stereocenters. The third kappa shape index (κ3) is 5.82. The van der Waals surface area contributed by atoms with Crippen LogP contribution in [0, 0.1) is 12.7 Å². The lowest BCUT2D eigenvalue weighted by Gasteiger charge is -2.08. The molecule has 7 heteroatoms. The van der Waals surface area contributed by atoms with Crippen molar-refractivity contribution in [1.29, 1.82) is 0 Å². The predicted molar refractivity (Wildman–Crippen MR) is 65.0 cm³/mol. The molecule has 0 radical (unpaired) electrons. The van der Waals surface area contributed by atoms with Crippen LogP contribution in [0.4, 0.5) is 9.18 Å². The Balaban J connectivity index is 2.26. The third-order valence-electron chi connectivity index (χ3n) is 2.35. The van der Waals surface area contributed by atoms with Crippen LogP contribution in [0.3, 0.4) is 0 Å². The fourth-order valence-electron chi connectivity index (χ4n) is 1.45. The molecule has 0 saturated heterocycles. The standard InChI is InChI=1S/C12H15FN2O4/c1-8-6-10(13)3-2-9(8)4-5-14-12(18)15-19-7-11(16)17/h2-3,6H,4-5,7H2,1H3,(H,16,17)(H2,14,15,18). The Morgan fingerprint density at radius 2 is 2.16 bits per heavy atom. The second kappa shape index (κ2) is 7.32. The largest absolute Gasteiger partial charge is 0.479 e. The number of nitrogens with one attached hydrogen (secondary N) is 2. The summed E-state index contributed by atoms with van der Waals surface area (Å²) in [6, 6.07) is 3.82. The van der Waals surface area contributed by atoms with Crippen LogP contribution in [0.1, 0.15) is 11.1 Å². The zero-order valence-electron chi connectivity index (χ0n) is 10.4. The van der Waals surface area contributed by atoms with Gasteiger partial charge in [0.2, 0.25) is 0 Å². The van der Waals surface area contributed by atoms with Crippen molar-refractivity contribution in [1.82, 2.24) is 10.8 Å². The van der Waals surface area contributed by atoms with Gasteiger partial charge >= 0.3 is 12.0 Å². The van der Waals surface area contributed by atoms with E-state index < -0.39 is 18.6 Å². The summed E-state index contributed by atoms with van der Waals surface area (Å²) in [6.07, 6.45) is 0.540. The van der Waals surface area contributed by atoms with Crippen molar-refractivity contribution in [3.63, 3.8) is 0 Å². The summed E-state index contributed by atoms with van der Waals surface area (Å²) in [5.41, 5.74) is 3.67. The van der Waals surface area contributed by atoms with Crippen LogP contribution >= 0.6 is 0 Å². The first-order chi connectivity index (χ1) is 8.99. The van der Waals surface area contributed by atoms with Crippen molar-refractivity contribution in [2.45, 2.75) is 13.3 Å². The van der Waals surface area contributed by atoms with E-state index >= 15 is 0 Å². The summed E-state index contributed by atoms with van der Waals surface area (Å²) < 4.78 is 12.9. The lowest BCUT2D eigenvalue weighted by Crippen LogP contribution is -2.37. The van der Waals surface area contributed by atoms with Gasteiger partial charge < -0.3 is 10.4 Å². The maximum absolute atomic E-state index is 12.9. The Kier molecular flexibility index (Phi) is 5.74. The van der Waals surface area contributed by atoms with E-state index in [1.807, 2.05) is 5.48 Å². The summed E-state index contributed by atoms with van der Waals surface area (Å²) >= 11 is 0. The average Bonchev–Trinajstić information content (AvgIpc) is 2.31. The van der Waals surface area contributed by atoms with E-state index in [1.165, 1.54) is 12.1 Å². The van der Waals surface area contributed by atoms with Gasteiger partial charge in [-0.3, -0.25) is 4.84 Å². The molecular formula is C12H15FN2O4. The minimum atomic E-state index is -1.18. The number of carboxylic acid groups (broad SMARTS) is 1. The summed E-state index contributed by atoms with van der Waals surface area (Å²) in [7, 11) is 0. The highest BCUT2D eigenvalue weighted by atomic mass is 19.1. The first-order valence-electron chi connectivity index (χ1n) is 5.61. The van der Waals surface area contributed by atoms with Crippen molar-refractivity contribution in [3.05, 3.63) is 35.1 Å². The molecular weight excluding hydrogens is 255 g/mol. The average molecular weight is 270 g/mol. The van der Waals surface area contributed by atoms with Crippen LogP contribution in [0.2, 0.25) is 0 Å². The van der Waals surface area contributed by atoms with Crippen LogP contribution in [0.25, 0.3) is 0 Å². The lowest BCUT2D eigenvalue weighted by molar-refractivity contribution is -0.144. The van der Waals surface area contributed by atoms with E-state index in [2.05, 4.69) is 10.2 Å². The molecule has 1 aromatic rings. The number of hydrogen-bond donors (Lipinski definition) is 3. The number of carbonyl (C=O) groups excluding carboxylic acids is 1. The number of amides is 2. The number of hydrogen-bond acceptors (Lipinski definition) is 3. The minimum absolute atomic E-state index is 0.297. The second-order valence-corrected chi connectivity index (χ2v) is 3.86. The van der Waals surface area contributed by atoms with Crippen LogP contribution in [-0.4, -0.2) is 30.3 Å². The highest BCUT2D eigenvalue weighted by Crippen LogP contribution is 2.10. The monoisotopic (exact) mass is 270 g/mol. The Morgan fingerprint density at radius 1 is 1.42 bits per heavy atom. The molecule has 19 heavy (non-hydrogen) atoms. The molecule has 0 aliphatic carbocycles. The van der Waals surface area contributed by atoms with Gasteiger partial charge in [-0.05, 0) is 36.6 Å². The van der Waals surface area contributed by atoms with E-state index in [9.17, 15) is 14.0 Å². The summed E-state index contributed by atoms with van der Waals surface area (Å²) in [6.45, 7) is 1.51. The number of halogens is 1. The third-order valence-corrected chi connectivity index (χ3v) is 2.35. The molecule has 104 valence electrons. The molecule has 0 spiro atoms. The van der Waals surface area contributed by atoms with E-state index in [0.29, 0.717) is 13.0 Å². The maximum atomic E-state index is 12.9. The molecule has 0 saturated carbocycles. The number of carboxylic acids is 1. The van der Waals surface area contributed by atoms with E-state index in [-0.39, 0.29) is 5.82 Å². The number of aliphatic carboxylic acids is 1. The summed E-state index contributed by atoms with van der Waals surface area (Å²) in [4.78, 5) is 25.7. The van der Waals surface area contributed by atoms with Gasteiger partial charge in [0.25, 0.3) is 0 Å². The molecule has 0 unspecified atom stereocenters. The van der Waals surface area contributed by atoms with Gasteiger partial charge in [0.05, 0.1) is 0 Å². The van der Waals surface area contributed by atoms with Crippen molar-refractivity contribution in [2.24, 2.45) is 0 Å². The molecule has 0 fully saturated rings. The molecule has 0 aliphatic heterocycles. The molecule has 3 N–H and O–H groups in total. The topological polar surface area (TPSA) is 87.7 Å².